The van der Waals surface area contributed by atoms with Gasteiger partial charge in [0.2, 0.25) is 5.91 Å². The standard InChI is InChI=1S/C15H19F4NO3/c1-2-3-6-22-7-8-23-10-14(21)20-13-5-4-11(16)9-12(13)15(17,18)19/h4-5,9H,2-3,6-8,10H2,1H3,(H,20,21). The van der Waals surface area contributed by atoms with Gasteiger partial charge in [-0.05, 0) is 24.6 Å². The number of hydrogen-bond acceptors (Lipinski definition) is 3. The van der Waals surface area contributed by atoms with Crippen LogP contribution >= 0.6 is 0 Å². The monoisotopic (exact) mass is 337 g/mol. The summed E-state index contributed by atoms with van der Waals surface area (Å²) in [4.78, 5) is 11.6. The van der Waals surface area contributed by atoms with Gasteiger partial charge >= 0.3 is 6.18 Å². The minimum absolute atomic E-state index is 0.159. The summed E-state index contributed by atoms with van der Waals surface area (Å²) in [6, 6.07) is 2.04. The molecule has 0 unspecified atom stereocenters. The molecule has 4 nitrogen and oxygen atoms in total. The molecule has 1 aromatic carbocycles. The van der Waals surface area contributed by atoms with E-state index in [2.05, 4.69) is 5.32 Å². The highest BCUT2D eigenvalue weighted by atomic mass is 19.4. The SMILES string of the molecule is CCCCOCCOCC(=O)Nc1ccc(F)cc1C(F)(F)F. The molecule has 0 saturated carbocycles. The Morgan fingerprint density at radius 3 is 2.52 bits per heavy atom. The lowest BCUT2D eigenvalue weighted by Gasteiger charge is -2.14. The van der Waals surface area contributed by atoms with Gasteiger partial charge in [0.15, 0.2) is 0 Å². The van der Waals surface area contributed by atoms with Crippen molar-refractivity contribution in [3.05, 3.63) is 29.6 Å². The van der Waals surface area contributed by atoms with Gasteiger partial charge < -0.3 is 14.8 Å². The maximum atomic E-state index is 12.9. The number of rotatable bonds is 9. The van der Waals surface area contributed by atoms with Crippen molar-refractivity contribution in [3.8, 4) is 0 Å². The summed E-state index contributed by atoms with van der Waals surface area (Å²) >= 11 is 0. The maximum Gasteiger partial charge on any atom is 0.418 e. The normalized spacial score (nSPS) is 11.5. The van der Waals surface area contributed by atoms with E-state index in [0.29, 0.717) is 19.3 Å². The summed E-state index contributed by atoms with van der Waals surface area (Å²) in [5.41, 5.74) is -1.75. The van der Waals surface area contributed by atoms with Crippen LogP contribution in [0.25, 0.3) is 0 Å². The lowest BCUT2D eigenvalue weighted by Crippen LogP contribution is -2.22. The van der Waals surface area contributed by atoms with Crippen molar-refractivity contribution in [2.45, 2.75) is 25.9 Å². The number of carbonyl (C=O) groups is 1. The summed E-state index contributed by atoms with van der Waals surface area (Å²) in [6.45, 7) is 2.67. The fourth-order valence-electron chi connectivity index (χ4n) is 1.68. The van der Waals surface area contributed by atoms with Crippen LogP contribution in [0.1, 0.15) is 25.3 Å². The highest BCUT2D eigenvalue weighted by Crippen LogP contribution is 2.35. The van der Waals surface area contributed by atoms with Crippen molar-refractivity contribution in [1.29, 1.82) is 0 Å². The highest BCUT2D eigenvalue weighted by Gasteiger charge is 2.34. The minimum atomic E-state index is -4.77. The quantitative estimate of drug-likeness (QED) is 0.553. The Labute approximate surface area is 131 Å². The lowest BCUT2D eigenvalue weighted by molar-refractivity contribution is -0.137. The van der Waals surface area contributed by atoms with Crippen LogP contribution in [0.4, 0.5) is 23.2 Å². The van der Waals surface area contributed by atoms with Crippen LogP contribution in [-0.4, -0.2) is 32.3 Å². The van der Waals surface area contributed by atoms with E-state index in [0.717, 1.165) is 25.0 Å². The molecule has 0 atom stereocenters. The van der Waals surface area contributed by atoms with E-state index in [1.54, 1.807) is 0 Å². The van der Waals surface area contributed by atoms with Gasteiger partial charge in [0.05, 0.1) is 24.5 Å². The predicted molar refractivity (Wildman–Crippen MR) is 76.6 cm³/mol. The van der Waals surface area contributed by atoms with Gasteiger partial charge in [-0.1, -0.05) is 13.3 Å². The molecule has 0 fully saturated rings. The van der Waals surface area contributed by atoms with Crippen LogP contribution in [0.3, 0.4) is 0 Å². The molecule has 23 heavy (non-hydrogen) atoms. The molecule has 8 heteroatoms. The van der Waals surface area contributed by atoms with Crippen molar-refractivity contribution in [3.63, 3.8) is 0 Å². The Morgan fingerprint density at radius 2 is 1.87 bits per heavy atom. The second-order valence-electron chi connectivity index (χ2n) is 4.75. The largest absolute Gasteiger partial charge is 0.418 e. The first-order valence-corrected chi connectivity index (χ1v) is 7.16. The van der Waals surface area contributed by atoms with Crippen LogP contribution in [0.2, 0.25) is 0 Å². The molecule has 1 amide bonds. The maximum absolute atomic E-state index is 12.9. The number of hydrogen-bond donors (Lipinski definition) is 1. The fourth-order valence-corrected chi connectivity index (χ4v) is 1.68. The Morgan fingerprint density at radius 1 is 1.17 bits per heavy atom. The number of nitrogens with one attached hydrogen (secondary N) is 1. The Balaban J connectivity index is 2.43. The topological polar surface area (TPSA) is 47.6 Å². The van der Waals surface area contributed by atoms with Gasteiger partial charge in [0.1, 0.15) is 12.4 Å². The van der Waals surface area contributed by atoms with E-state index in [1.165, 1.54) is 0 Å². The third-order valence-corrected chi connectivity index (χ3v) is 2.81. The van der Waals surface area contributed by atoms with Gasteiger partial charge in [-0.25, -0.2) is 4.39 Å². The molecule has 130 valence electrons. The van der Waals surface area contributed by atoms with E-state index in [9.17, 15) is 22.4 Å². The molecule has 0 bridgehead atoms. The van der Waals surface area contributed by atoms with E-state index >= 15 is 0 Å². The van der Waals surface area contributed by atoms with E-state index < -0.39 is 35.8 Å². The smallest absolute Gasteiger partial charge is 0.379 e. The van der Waals surface area contributed by atoms with Crippen molar-refractivity contribution >= 4 is 11.6 Å². The minimum Gasteiger partial charge on any atom is -0.379 e. The van der Waals surface area contributed by atoms with Crippen LogP contribution in [0, 0.1) is 5.82 Å². The van der Waals surface area contributed by atoms with E-state index in [1.807, 2.05) is 6.92 Å². The number of alkyl halides is 3. The summed E-state index contributed by atoms with van der Waals surface area (Å²) in [6.07, 6.45) is -2.84. The number of halogens is 4. The first-order valence-electron chi connectivity index (χ1n) is 7.16. The summed E-state index contributed by atoms with van der Waals surface area (Å²) in [7, 11) is 0. The van der Waals surface area contributed by atoms with E-state index in [-0.39, 0.29) is 6.61 Å². The van der Waals surface area contributed by atoms with Gasteiger partial charge in [0, 0.05) is 6.61 Å². The number of anilines is 1. The van der Waals surface area contributed by atoms with Gasteiger partial charge in [-0.3, -0.25) is 4.79 Å². The Kier molecular flexibility index (Phi) is 7.97. The number of carbonyl (C=O) groups excluding carboxylic acids is 1. The average Bonchev–Trinajstić information content (AvgIpc) is 2.47. The number of benzene rings is 1. The molecule has 1 rings (SSSR count). The zero-order valence-corrected chi connectivity index (χ0v) is 12.7. The van der Waals surface area contributed by atoms with Crippen molar-refractivity contribution < 1.29 is 31.8 Å². The number of ether oxygens (including phenoxy) is 2. The fraction of sp³-hybridized carbons (Fsp3) is 0.533. The van der Waals surface area contributed by atoms with Gasteiger partial charge in [-0.15, -0.1) is 0 Å². The summed E-state index contributed by atoms with van der Waals surface area (Å²) in [5.74, 6) is -1.79. The third-order valence-electron chi connectivity index (χ3n) is 2.81. The highest BCUT2D eigenvalue weighted by molar-refractivity contribution is 5.92. The Bertz CT molecular complexity index is 506. The van der Waals surface area contributed by atoms with Crippen LogP contribution in [-0.2, 0) is 20.4 Å². The third kappa shape index (κ3) is 7.43. The molecule has 1 N–H and O–H groups in total. The molecule has 0 radical (unpaired) electrons. The van der Waals surface area contributed by atoms with Gasteiger partial charge in [-0.2, -0.15) is 13.2 Å². The number of amides is 1. The van der Waals surface area contributed by atoms with Crippen LogP contribution in [0.5, 0.6) is 0 Å². The number of unbranched alkanes of at least 4 members (excludes halogenated alkanes) is 1. The first kappa shape index (κ1) is 19.4. The lowest BCUT2D eigenvalue weighted by atomic mass is 10.1. The molecule has 0 aliphatic carbocycles. The van der Waals surface area contributed by atoms with Crippen molar-refractivity contribution in [1.82, 2.24) is 0 Å². The molecule has 0 aliphatic rings. The molecule has 0 aliphatic heterocycles. The Hall–Kier alpha value is -1.67. The first-order chi connectivity index (χ1) is 10.8. The molecule has 0 heterocycles. The average molecular weight is 337 g/mol. The van der Waals surface area contributed by atoms with Crippen molar-refractivity contribution in [2.24, 2.45) is 0 Å². The summed E-state index contributed by atoms with van der Waals surface area (Å²) < 4.78 is 61.4. The van der Waals surface area contributed by atoms with Crippen LogP contribution < -0.4 is 5.32 Å². The molecular formula is C15H19F4NO3. The van der Waals surface area contributed by atoms with Gasteiger partial charge in [0.25, 0.3) is 0 Å². The summed E-state index contributed by atoms with van der Waals surface area (Å²) in [5, 5.41) is 2.06. The predicted octanol–water partition coefficient (Wildman–Crippen LogP) is 3.62. The zero-order chi connectivity index (χ0) is 17.3. The van der Waals surface area contributed by atoms with E-state index in [4.69, 9.17) is 9.47 Å². The van der Waals surface area contributed by atoms with Crippen molar-refractivity contribution in [2.75, 3.05) is 31.7 Å². The molecule has 0 aromatic heterocycles. The molecule has 1 aromatic rings. The molecule has 0 spiro atoms. The molecule has 0 saturated heterocycles. The zero-order valence-electron chi connectivity index (χ0n) is 12.7. The molecular weight excluding hydrogens is 318 g/mol. The second kappa shape index (κ2) is 9.46. The van der Waals surface area contributed by atoms with Crippen LogP contribution in [0.15, 0.2) is 18.2 Å². The second-order valence-corrected chi connectivity index (χ2v) is 4.75.